The monoisotopic (exact) mass is 222 g/mol. The van der Waals surface area contributed by atoms with Gasteiger partial charge in [0, 0.05) is 6.42 Å². The SMILES string of the molecule is O=C(CSC1COC1)Cc1ccccc1. The maximum absolute atomic E-state index is 11.6. The number of hydrogen-bond acceptors (Lipinski definition) is 3. The molecule has 1 saturated heterocycles. The summed E-state index contributed by atoms with van der Waals surface area (Å²) in [5.74, 6) is 0.918. The van der Waals surface area contributed by atoms with Crippen LogP contribution in [0.2, 0.25) is 0 Å². The molecule has 1 aromatic rings. The first-order valence-corrected chi connectivity index (χ1v) is 6.14. The first-order valence-electron chi connectivity index (χ1n) is 5.09. The van der Waals surface area contributed by atoms with Crippen molar-refractivity contribution in [1.82, 2.24) is 0 Å². The number of rotatable bonds is 5. The number of benzene rings is 1. The van der Waals surface area contributed by atoms with Crippen LogP contribution in [-0.2, 0) is 16.0 Å². The van der Waals surface area contributed by atoms with E-state index in [0.717, 1.165) is 18.8 Å². The van der Waals surface area contributed by atoms with Gasteiger partial charge < -0.3 is 4.74 Å². The van der Waals surface area contributed by atoms with Gasteiger partial charge in [0.05, 0.1) is 24.2 Å². The zero-order chi connectivity index (χ0) is 10.5. The molecule has 1 aromatic carbocycles. The molecule has 2 rings (SSSR count). The molecule has 0 saturated carbocycles. The molecule has 1 aliphatic heterocycles. The van der Waals surface area contributed by atoms with Crippen LogP contribution < -0.4 is 0 Å². The Morgan fingerprint density at radius 3 is 2.67 bits per heavy atom. The molecule has 15 heavy (non-hydrogen) atoms. The van der Waals surface area contributed by atoms with E-state index in [9.17, 15) is 4.79 Å². The summed E-state index contributed by atoms with van der Waals surface area (Å²) in [6.45, 7) is 1.62. The summed E-state index contributed by atoms with van der Waals surface area (Å²) >= 11 is 1.72. The molecule has 1 fully saturated rings. The van der Waals surface area contributed by atoms with Gasteiger partial charge in [-0.25, -0.2) is 0 Å². The van der Waals surface area contributed by atoms with E-state index in [-0.39, 0.29) is 0 Å². The third kappa shape index (κ3) is 3.36. The fraction of sp³-hybridized carbons (Fsp3) is 0.417. The Labute approximate surface area is 94.0 Å². The van der Waals surface area contributed by atoms with Gasteiger partial charge in [-0.2, -0.15) is 0 Å². The molecule has 0 unspecified atom stereocenters. The first kappa shape index (κ1) is 10.7. The van der Waals surface area contributed by atoms with Crippen LogP contribution in [-0.4, -0.2) is 30.0 Å². The Hall–Kier alpha value is -0.800. The summed E-state index contributed by atoms with van der Waals surface area (Å²) in [4.78, 5) is 11.6. The summed E-state index contributed by atoms with van der Waals surface area (Å²) in [6.07, 6.45) is 0.557. The predicted octanol–water partition coefficient (Wildman–Crippen LogP) is 1.93. The van der Waals surface area contributed by atoms with Gasteiger partial charge in [-0.3, -0.25) is 4.79 Å². The molecular formula is C12H14O2S. The number of ether oxygens (including phenoxy) is 1. The van der Waals surface area contributed by atoms with Crippen molar-refractivity contribution in [2.75, 3.05) is 19.0 Å². The Morgan fingerprint density at radius 2 is 2.07 bits per heavy atom. The molecule has 0 radical (unpaired) electrons. The van der Waals surface area contributed by atoms with Gasteiger partial charge in [-0.15, -0.1) is 11.8 Å². The van der Waals surface area contributed by atoms with E-state index >= 15 is 0 Å². The lowest BCUT2D eigenvalue weighted by Gasteiger charge is -2.24. The van der Waals surface area contributed by atoms with Crippen molar-refractivity contribution in [2.45, 2.75) is 11.7 Å². The van der Waals surface area contributed by atoms with Gasteiger partial charge in [-0.1, -0.05) is 30.3 Å². The van der Waals surface area contributed by atoms with Gasteiger partial charge in [0.25, 0.3) is 0 Å². The number of Topliss-reactive ketones (excluding diaryl/α,β-unsaturated/α-hetero) is 1. The average molecular weight is 222 g/mol. The van der Waals surface area contributed by atoms with Gasteiger partial charge in [-0.05, 0) is 5.56 Å². The Balaban J connectivity index is 1.72. The predicted molar refractivity (Wildman–Crippen MR) is 62.2 cm³/mol. The molecule has 0 aliphatic carbocycles. The van der Waals surface area contributed by atoms with E-state index in [1.807, 2.05) is 30.3 Å². The highest BCUT2D eigenvalue weighted by molar-refractivity contribution is 8.00. The van der Waals surface area contributed by atoms with Crippen LogP contribution in [0.3, 0.4) is 0 Å². The molecule has 1 heterocycles. The molecule has 0 N–H and O–H groups in total. The lowest BCUT2D eigenvalue weighted by atomic mass is 10.1. The number of hydrogen-bond donors (Lipinski definition) is 0. The maximum Gasteiger partial charge on any atom is 0.147 e. The second-order valence-electron chi connectivity index (χ2n) is 3.67. The molecular weight excluding hydrogens is 208 g/mol. The van der Waals surface area contributed by atoms with E-state index in [4.69, 9.17) is 4.74 Å². The lowest BCUT2D eigenvalue weighted by Crippen LogP contribution is -2.31. The van der Waals surface area contributed by atoms with E-state index in [1.165, 1.54) is 0 Å². The second kappa shape index (κ2) is 5.33. The summed E-state index contributed by atoms with van der Waals surface area (Å²) in [5, 5.41) is 0.546. The Morgan fingerprint density at radius 1 is 1.33 bits per heavy atom. The Bertz CT molecular complexity index is 320. The van der Waals surface area contributed by atoms with Crippen molar-refractivity contribution in [1.29, 1.82) is 0 Å². The fourth-order valence-corrected chi connectivity index (χ4v) is 2.30. The van der Waals surface area contributed by atoms with Crippen molar-refractivity contribution in [3.05, 3.63) is 35.9 Å². The largest absolute Gasteiger partial charge is 0.379 e. The minimum atomic E-state index is 0.304. The summed E-state index contributed by atoms with van der Waals surface area (Å²) in [6, 6.07) is 9.89. The van der Waals surface area contributed by atoms with Crippen molar-refractivity contribution < 1.29 is 9.53 Å². The number of carbonyl (C=O) groups is 1. The fourth-order valence-electron chi connectivity index (χ4n) is 1.40. The van der Waals surface area contributed by atoms with E-state index < -0.39 is 0 Å². The van der Waals surface area contributed by atoms with Crippen LogP contribution in [0.25, 0.3) is 0 Å². The molecule has 0 atom stereocenters. The molecule has 0 amide bonds. The standard InChI is InChI=1S/C12H14O2S/c13-11(9-15-12-7-14-8-12)6-10-4-2-1-3-5-10/h1-5,12H,6-9H2. The number of thioether (sulfide) groups is 1. The highest BCUT2D eigenvalue weighted by atomic mass is 32.2. The first-order chi connectivity index (χ1) is 7.34. The smallest absolute Gasteiger partial charge is 0.147 e. The minimum absolute atomic E-state index is 0.304. The van der Waals surface area contributed by atoms with Gasteiger partial charge in [0.1, 0.15) is 5.78 Å². The van der Waals surface area contributed by atoms with Crippen molar-refractivity contribution >= 4 is 17.5 Å². The number of carbonyl (C=O) groups excluding carboxylic acids is 1. The molecule has 0 spiro atoms. The van der Waals surface area contributed by atoms with Crippen molar-refractivity contribution in [3.8, 4) is 0 Å². The molecule has 2 nitrogen and oxygen atoms in total. The Kier molecular flexibility index (Phi) is 3.80. The average Bonchev–Trinajstić information content (AvgIpc) is 2.17. The van der Waals surface area contributed by atoms with Crippen LogP contribution in [0.5, 0.6) is 0 Å². The second-order valence-corrected chi connectivity index (χ2v) is 4.96. The molecule has 3 heteroatoms. The molecule has 80 valence electrons. The van der Waals surface area contributed by atoms with Crippen LogP contribution in [0.1, 0.15) is 5.56 Å². The zero-order valence-electron chi connectivity index (χ0n) is 8.52. The quantitative estimate of drug-likeness (QED) is 0.761. The molecule has 1 aliphatic rings. The van der Waals surface area contributed by atoms with Gasteiger partial charge in [0.2, 0.25) is 0 Å². The van der Waals surface area contributed by atoms with E-state index in [2.05, 4.69) is 0 Å². The highest BCUT2D eigenvalue weighted by Crippen LogP contribution is 2.19. The third-order valence-corrected chi connectivity index (χ3v) is 3.56. The molecule has 0 aromatic heterocycles. The van der Waals surface area contributed by atoms with Crippen LogP contribution in [0.4, 0.5) is 0 Å². The van der Waals surface area contributed by atoms with E-state index in [1.54, 1.807) is 11.8 Å². The normalized spacial score (nSPS) is 16.0. The zero-order valence-corrected chi connectivity index (χ0v) is 9.33. The topological polar surface area (TPSA) is 26.3 Å². The van der Waals surface area contributed by atoms with Crippen LogP contribution >= 0.6 is 11.8 Å². The van der Waals surface area contributed by atoms with E-state index in [0.29, 0.717) is 23.2 Å². The molecule has 0 bridgehead atoms. The van der Waals surface area contributed by atoms with Crippen LogP contribution in [0, 0.1) is 0 Å². The minimum Gasteiger partial charge on any atom is -0.379 e. The third-order valence-electron chi connectivity index (χ3n) is 2.33. The summed E-state index contributed by atoms with van der Waals surface area (Å²) in [5.41, 5.74) is 1.10. The van der Waals surface area contributed by atoms with Crippen molar-refractivity contribution in [2.24, 2.45) is 0 Å². The van der Waals surface area contributed by atoms with Crippen LogP contribution in [0.15, 0.2) is 30.3 Å². The lowest BCUT2D eigenvalue weighted by molar-refractivity contribution is -0.116. The highest BCUT2D eigenvalue weighted by Gasteiger charge is 2.19. The van der Waals surface area contributed by atoms with Gasteiger partial charge in [0.15, 0.2) is 0 Å². The maximum atomic E-state index is 11.6. The number of ketones is 1. The summed E-state index contributed by atoms with van der Waals surface area (Å²) < 4.78 is 5.05. The van der Waals surface area contributed by atoms with Gasteiger partial charge >= 0.3 is 0 Å². The summed E-state index contributed by atoms with van der Waals surface area (Å²) in [7, 11) is 0. The van der Waals surface area contributed by atoms with Crippen molar-refractivity contribution in [3.63, 3.8) is 0 Å².